The van der Waals surface area contributed by atoms with Gasteiger partial charge < -0.3 is 18.8 Å². The number of benzene rings is 1. The maximum Gasteiger partial charge on any atom is 0.275 e. The maximum absolute atomic E-state index is 12.5. The van der Waals surface area contributed by atoms with Gasteiger partial charge in [0.1, 0.15) is 12.0 Å². The minimum atomic E-state index is -0.0852. The van der Waals surface area contributed by atoms with Gasteiger partial charge in [-0.2, -0.15) is 0 Å². The molecule has 1 aliphatic rings. The highest BCUT2D eigenvalue weighted by atomic mass is 16.5. The standard InChI is InChI=1S/C18H22N2O4/c1-22-15-5-3-13(4-6-15)9-14-10-20(8-7-17(14)23-2)18(21)16-11-24-12-19-16/h3-6,11-12,14,17H,7-10H2,1-2H3/t14-,17+/m1/s1. The fourth-order valence-corrected chi connectivity index (χ4v) is 3.25. The summed E-state index contributed by atoms with van der Waals surface area (Å²) in [6.07, 6.45) is 4.49. The van der Waals surface area contributed by atoms with Crippen molar-refractivity contribution < 1.29 is 18.7 Å². The molecule has 1 fully saturated rings. The van der Waals surface area contributed by atoms with E-state index in [9.17, 15) is 4.79 Å². The summed E-state index contributed by atoms with van der Waals surface area (Å²) in [7, 11) is 3.39. The summed E-state index contributed by atoms with van der Waals surface area (Å²) in [5, 5.41) is 0. The van der Waals surface area contributed by atoms with E-state index < -0.39 is 0 Å². The molecule has 24 heavy (non-hydrogen) atoms. The minimum absolute atomic E-state index is 0.0852. The van der Waals surface area contributed by atoms with E-state index >= 15 is 0 Å². The summed E-state index contributed by atoms with van der Waals surface area (Å²) in [5.74, 6) is 1.000. The number of ether oxygens (including phenoxy) is 2. The Labute approximate surface area is 141 Å². The number of hydrogen-bond donors (Lipinski definition) is 0. The largest absolute Gasteiger partial charge is 0.497 e. The average molecular weight is 330 g/mol. The summed E-state index contributed by atoms with van der Waals surface area (Å²) in [4.78, 5) is 18.3. The fraction of sp³-hybridized carbons (Fsp3) is 0.444. The monoisotopic (exact) mass is 330 g/mol. The molecule has 2 aromatic rings. The Kier molecular flexibility index (Phi) is 5.15. The molecule has 0 saturated carbocycles. The van der Waals surface area contributed by atoms with Crippen molar-refractivity contribution in [2.45, 2.75) is 18.9 Å². The molecule has 6 nitrogen and oxygen atoms in total. The summed E-state index contributed by atoms with van der Waals surface area (Å²) in [5.41, 5.74) is 1.56. The van der Waals surface area contributed by atoms with Gasteiger partial charge in [-0.15, -0.1) is 0 Å². The van der Waals surface area contributed by atoms with Crippen molar-refractivity contribution in [3.8, 4) is 5.75 Å². The minimum Gasteiger partial charge on any atom is -0.497 e. The van der Waals surface area contributed by atoms with Crippen molar-refractivity contribution in [3.63, 3.8) is 0 Å². The van der Waals surface area contributed by atoms with E-state index in [1.54, 1.807) is 14.2 Å². The number of amides is 1. The fourth-order valence-electron chi connectivity index (χ4n) is 3.25. The molecular formula is C18H22N2O4. The predicted molar refractivity (Wildman–Crippen MR) is 88.0 cm³/mol. The van der Waals surface area contributed by atoms with Crippen molar-refractivity contribution in [1.29, 1.82) is 0 Å². The first kappa shape index (κ1) is 16.5. The molecule has 2 heterocycles. The van der Waals surface area contributed by atoms with E-state index in [-0.39, 0.29) is 17.9 Å². The van der Waals surface area contributed by atoms with Gasteiger partial charge in [-0.05, 0) is 30.5 Å². The summed E-state index contributed by atoms with van der Waals surface area (Å²) in [6, 6.07) is 8.03. The van der Waals surface area contributed by atoms with Gasteiger partial charge in [0.15, 0.2) is 12.1 Å². The summed E-state index contributed by atoms with van der Waals surface area (Å²) < 4.78 is 15.8. The molecule has 0 unspecified atom stereocenters. The molecule has 0 aliphatic carbocycles. The second kappa shape index (κ2) is 7.49. The van der Waals surface area contributed by atoms with Crippen molar-refractivity contribution in [2.24, 2.45) is 5.92 Å². The Morgan fingerprint density at radius 1 is 1.33 bits per heavy atom. The van der Waals surface area contributed by atoms with Crippen LogP contribution < -0.4 is 4.74 Å². The molecule has 2 atom stereocenters. The molecule has 0 N–H and O–H groups in total. The second-order valence-corrected chi connectivity index (χ2v) is 6.00. The van der Waals surface area contributed by atoms with Crippen molar-refractivity contribution in [3.05, 3.63) is 48.2 Å². The Morgan fingerprint density at radius 3 is 2.75 bits per heavy atom. The molecule has 0 spiro atoms. The van der Waals surface area contributed by atoms with Gasteiger partial charge in [-0.25, -0.2) is 4.98 Å². The highest BCUT2D eigenvalue weighted by molar-refractivity contribution is 5.91. The number of carbonyl (C=O) groups is 1. The van der Waals surface area contributed by atoms with Gasteiger partial charge in [0.2, 0.25) is 0 Å². The smallest absolute Gasteiger partial charge is 0.275 e. The van der Waals surface area contributed by atoms with Crippen molar-refractivity contribution in [1.82, 2.24) is 9.88 Å². The molecule has 1 amide bonds. The predicted octanol–water partition coefficient (Wildman–Crippen LogP) is 2.40. The van der Waals surface area contributed by atoms with Crippen LogP contribution >= 0.6 is 0 Å². The Balaban J connectivity index is 1.69. The van der Waals surface area contributed by atoms with Crippen LogP contribution in [-0.4, -0.2) is 49.2 Å². The number of oxazole rings is 1. The number of likely N-dealkylation sites (tertiary alicyclic amines) is 1. The van der Waals surface area contributed by atoms with Gasteiger partial charge >= 0.3 is 0 Å². The zero-order valence-electron chi connectivity index (χ0n) is 14.0. The molecule has 1 saturated heterocycles. The first-order valence-electron chi connectivity index (χ1n) is 8.04. The molecule has 6 heteroatoms. The highest BCUT2D eigenvalue weighted by Crippen LogP contribution is 2.25. The lowest BCUT2D eigenvalue weighted by Gasteiger charge is -2.37. The first-order valence-corrected chi connectivity index (χ1v) is 8.04. The molecule has 1 aromatic carbocycles. The summed E-state index contributed by atoms with van der Waals surface area (Å²) >= 11 is 0. The molecule has 1 aliphatic heterocycles. The van der Waals surface area contributed by atoms with Gasteiger partial charge in [0.25, 0.3) is 5.91 Å². The second-order valence-electron chi connectivity index (χ2n) is 6.00. The zero-order chi connectivity index (χ0) is 16.9. The third kappa shape index (κ3) is 3.59. The maximum atomic E-state index is 12.5. The van der Waals surface area contributed by atoms with Crippen LogP contribution in [0.1, 0.15) is 22.5 Å². The lowest BCUT2D eigenvalue weighted by molar-refractivity contribution is -0.00317. The van der Waals surface area contributed by atoms with E-state index in [4.69, 9.17) is 13.9 Å². The third-order valence-corrected chi connectivity index (χ3v) is 4.56. The Hall–Kier alpha value is -2.34. The Morgan fingerprint density at radius 2 is 2.12 bits per heavy atom. The Bertz CT molecular complexity index is 654. The van der Waals surface area contributed by atoms with Crippen molar-refractivity contribution >= 4 is 5.91 Å². The van der Waals surface area contributed by atoms with E-state index in [2.05, 4.69) is 17.1 Å². The third-order valence-electron chi connectivity index (χ3n) is 4.56. The van der Waals surface area contributed by atoms with Crippen molar-refractivity contribution in [2.75, 3.05) is 27.3 Å². The number of piperidine rings is 1. The number of aromatic nitrogens is 1. The van der Waals surface area contributed by atoms with Crippen LogP contribution in [0.2, 0.25) is 0 Å². The van der Waals surface area contributed by atoms with Crippen LogP contribution in [0.25, 0.3) is 0 Å². The summed E-state index contributed by atoms with van der Waals surface area (Å²) in [6.45, 7) is 1.32. The van der Waals surface area contributed by atoms with E-state index in [0.717, 1.165) is 18.6 Å². The van der Waals surface area contributed by atoms with E-state index in [0.29, 0.717) is 18.8 Å². The molecule has 0 radical (unpaired) electrons. The molecule has 0 bridgehead atoms. The van der Waals surface area contributed by atoms with Gasteiger partial charge in [-0.1, -0.05) is 12.1 Å². The number of carbonyl (C=O) groups excluding carboxylic acids is 1. The van der Waals surface area contributed by atoms with Crippen LogP contribution in [0.5, 0.6) is 5.75 Å². The number of hydrogen-bond acceptors (Lipinski definition) is 5. The van der Waals surface area contributed by atoms with Gasteiger partial charge in [0.05, 0.1) is 13.2 Å². The normalized spacial score (nSPS) is 20.8. The number of rotatable bonds is 5. The quantitative estimate of drug-likeness (QED) is 0.842. The SMILES string of the molecule is COc1ccc(C[C@@H]2CN(C(=O)c3cocn3)CC[C@@H]2OC)cc1. The van der Waals surface area contributed by atoms with E-state index in [1.807, 2.05) is 17.0 Å². The average Bonchev–Trinajstić information content (AvgIpc) is 3.16. The molecule has 3 rings (SSSR count). The highest BCUT2D eigenvalue weighted by Gasteiger charge is 2.32. The van der Waals surface area contributed by atoms with E-state index in [1.165, 1.54) is 18.2 Å². The van der Waals surface area contributed by atoms with Crippen LogP contribution in [0, 0.1) is 5.92 Å². The van der Waals surface area contributed by atoms with Crippen LogP contribution in [0.4, 0.5) is 0 Å². The lowest BCUT2D eigenvalue weighted by atomic mass is 9.88. The van der Waals surface area contributed by atoms with Crippen LogP contribution in [-0.2, 0) is 11.2 Å². The van der Waals surface area contributed by atoms with Gasteiger partial charge in [0, 0.05) is 26.1 Å². The van der Waals surface area contributed by atoms with Crippen LogP contribution in [0.15, 0.2) is 41.3 Å². The lowest BCUT2D eigenvalue weighted by Crippen LogP contribution is -2.47. The number of nitrogens with zero attached hydrogens (tertiary/aromatic N) is 2. The molecule has 128 valence electrons. The topological polar surface area (TPSA) is 64.8 Å². The molecule has 1 aromatic heterocycles. The van der Waals surface area contributed by atoms with Gasteiger partial charge in [-0.3, -0.25) is 4.79 Å². The van der Waals surface area contributed by atoms with Crippen LogP contribution in [0.3, 0.4) is 0 Å². The first-order chi connectivity index (χ1) is 11.7. The zero-order valence-corrected chi connectivity index (χ0v) is 14.0. The number of methoxy groups -OCH3 is 2. The molecular weight excluding hydrogens is 308 g/mol.